The van der Waals surface area contributed by atoms with E-state index >= 15 is 0 Å². The Balaban J connectivity index is 1.86. The first-order chi connectivity index (χ1) is 8.55. The van der Waals surface area contributed by atoms with Gasteiger partial charge in [-0.2, -0.15) is 13.2 Å². The van der Waals surface area contributed by atoms with Gasteiger partial charge >= 0.3 is 6.18 Å². The minimum Gasteiger partial charge on any atom is -0.493 e. The lowest BCUT2D eigenvalue weighted by Crippen LogP contribution is -2.33. The molecule has 0 spiro atoms. The van der Waals surface area contributed by atoms with E-state index in [-0.39, 0.29) is 0 Å². The molecule has 2 rings (SSSR count). The summed E-state index contributed by atoms with van der Waals surface area (Å²) in [5.74, 6) is 0.939. The molecule has 1 N–H and O–H groups in total. The Morgan fingerprint density at radius 1 is 1.22 bits per heavy atom. The van der Waals surface area contributed by atoms with Crippen LogP contribution in [0.5, 0.6) is 5.75 Å². The van der Waals surface area contributed by atoms with Crippen LogP contribution in [0.4, 0.5) is 13.2 Å². The van der Waals surface area contributed by atoms with E-state index in [9.17, 15) is 13.2 Å². The third-order valence-corrected chi connectivity index (χ3v) is 3.07. The highest BCUT2D eigenvalue weighted by Crippen LogP contribution is 2.30. The van der Waals surface area contributed by atoms with Crippen LogP contribution >= 0.6 is 0 Å². The lowest BCUT2D eigenvalue weighted by molar-refractivity contribution is -0.137. The molecule has 1 aromatic rings. The van der Waals surface area contributed by atoms with Crippen molar-refractivity contribution in [1.29, 1.82) is 0 Å². The van der Waals surface area contributed by atoms with Gasteiger partial charge in [0.15, 0.2) is 0 Å². The van der Waals surface area contributed by atoms with Crippen LogP contribution in [0.25, 0.3) is 0 Å². The lowest BCUT2D eigenvalue weighted by atomic mass is 10.0. The molecule has 5 heteroatoms. The monoisotopic (exact) mass is 259 g/mol. The van der Waals surface area contributed by atoms with Crippen molar-refractivity contribution in [2.75, 3.05) is 19.7 Å². The molecule has 0 aromatic heterocycles. The van der Waals surface area contributed by atoms with Crippen LogP contribution < -0.4 is 10.1 Å². The number of hydrogen-bond acceptors (Lipinski definition) is 2. The molecule has 1 aromatic carbocycles. The van der Waals surface area contributed by atoms with Crippen LogP contribution in [-0.4, -0.2) is 19.7 Å². The molecule has 1 saturated heterocycles. The number of rotatable bonds is 3. The molecule has 0 aliphatic carbocycles. The fourth-order valence-electron chi connectivity index (χ4n) is 2.02. The van der Waals surface area contributed by atoms with Gasteiger partial charge in [0.05, 0.1) is 12.2 Å². The third-order valence-electron chi connectivity index (χ3n) is 3.07. The van der Waals surface area contributed by atoms with E-state index < -0.39 is 11.7 Å². The second-order valence-electron chi connectivity index (χ2n) is 4.55. The number of hydrogen-bond donors (Lipinski definition) is 1. The van der Waals surface area contributed by atoms with Crippen molar-refractivity contribution >= 4 is 0 Å². The lowest BCUT2D eigenvalue weighted by Gasteiger charge is -2.22. The Morgan fingerprint density at radius 2 is 1.94 bits per heavy atom. The molecule has 100 valence electrons. The second-order valence-corrected chi connectivity index (χ2v) is 4.55. The van der Waals surface area contributed by atoms with Crippen LogP contribution in [0.3, 0.4) is 0 Å². The molecule has 1 aliphatic rings. The van der Waals surface area contributed by atoms with E-state index in [1.54, 1.807) is 0 Å². The van der Waals surface area contributed by atoms with Gasteiger partial charge in [0.1, 0.15) is 5.75 Å². The van der Waals surface area contributed by atoms with Crippen molar-refractivity contribution in [3.05, 3.63) is 29.8 Å². The molecule has 1 heterocycles. The minimum atomic E-state index is -4.29. The molecular formula is C13H16F3NO. The van der Waals surface area contributed by atoms with Crippen molar-refractivity contribution in [2.24, 2.45) is 5.92 Å². The van der Waals surface area contributed by atoms with E-state index in [0.29, 0.717) is 18.3 Å². The van der Waals surface area contributed by atoms with E-state index in [2.05, 4.69) is 5.32 Å². The molecular weight excluding hydrogens is 243 g/mol. The van der Waals surface area contributed by atoms with Crippen molar-refractivity contribution < 1.29 is 17.9 Å². The van der Waals surface area contributed by atoms with Crippen LogP contribution in [-0.2, 0) is 6.18 Å². The predicted molar refractivity (Wildman–Crippen MR) is 62.5 cm³/mol. The molecule has 2 nitrogen and oxygen atoms in total. The van der Waals surface area contributed by atoms with Crippen LogP contribution in [0.15, 0.2) is 24.3 Å². The van der Waals surface area contributed by atoms with Gasteiger partial charge in [0.2, 0.25) is 0 Å². The van der Waals surface area contributed by atoms with E-state index in [4.69, 9.17) is 4.74 Å². The Labute approximate surface area is 104 Å². The molecule has 1 atom stereocenters. The summed E-state index contributed by atoms with van der Waals surface area (Å²) in [7, 11) is 0. The molecule has 18 heavy (non-hydrogen) atoms. The summed E-state index contributed by atoms with van der Waals surface area (Å²) in [5, 5.41) is 3.27. The number of piperidine rings is 1. The van der Waals surface area contributed by atoms with E-state index in [1.807, 2.05) is 0 Å². The van der Waals surface area contributed by atoms with E-state index in [1.165, 1.54) is 12.1 Å². The summed E-state index contributed by atoms with van der Waals surface area (Å²) >= 11 is 0. The average molecular weight is 259 g/mol. The first-order valence-corrected chi connectivity index (χ1v) is 6.06. The zero-order chi connectivity index (χ0) is 13.0. The van der Waals surface area contributed by atoms with Crippen LogP contribution in [0.1, 0.15) is 18.4 Å². The van der Waals surface area contributed by atoms with Gasteiger partial charge in [-0.05, 0) is 43.7 Å². The Kier molecular flexibility index (Phi) is 4.11. The number of ether oxygens (including phenoxy) is 1. The molecule has 0 bridgehead atoms. The maximum Gasteiger partial charge on any atom is 0.416 e. The smallest absolute Gasteiger partial charge is 0.416 e. The van der Waals surface area contributed by atoms with Crippen molar-refractivity contribution in [3.8, 4) is 5.75 Å². The first-order valence-electron chi connectivity index (χ1n) is 6.06. The largest absolute Gasteiger partial charge is 0.493 e. The van der Waals surface area contributed by atoms with Crippen LogP contribution in [0, 0.1) is 5.92 Å². The summed E-state index contributed by atoms with van der Waals surface area (Å²) in [6, 6.07) is 4.85. The molecule has 1 fully saturated rings. The van der Waals surface area contributed by atoms with Gasteiger partial charge in [-0.1, -0.05) is 0 Å². The summed E-state index contributed by atoms with van der Waals surface area (Å²) in [5.41, 5.74) is -0.644. The maximum atomic E-state index is 12.3. The van der Waals surface area contributed by atoms with Gasteiger partial charge < -0.3 is 10.1 Å². The maximum absolute atomic E-state index is 12.3. The molecule has 1 aliphatic heterocycles. The number of benzene rings is 1. The van der Waals surface area contributed by atoms with Gasteiger partial charge in [-0.25, -0.2) is 0 Å². The zero-order valence-electron chi connectivity index (χ0n) is 9.96. The highest BCUT2D eigenvalue weighted by Gasteiger charge is 2.30. The summed E-state index contributed by atoms with van der Waals surface area (Å²) in [4.78, 5) is 0. The normalized spacial score (nSPS) is 20.7. The molecule has 0 saturated carbocycles. The quantitative estimate of drug-likeness (QED) is 0.900. The van der Waals surface area contributed by atoms with Gasteiger partial charge in [0, 0.05) is 12.5 Å². The van der Waals surface area contributed by atoms with Gasteiger partial charge in [-0.3, -0.25) is 0 Å². The fourth-order valence-corrected chi connectivity index (χ4v) is 2.02. The third kappa shape index (κ3) is 3.63. The number of nitrogens with one attached hydrogen (secondary N) is 1. The number of halogens is 3. The number of alkyl halides is 3. The standard InChI is InChI=1S/C13H16F3NO/c14-13(15,16)11-3-5-12(6-4-11)18-9-10-2-1-7-17-8-10/h3-6,10,17H,1-2,7-9H2. The highest BCUT2D eigenvalue weighted by atomic mass is 19.4. The molecule has 0 radical (unpaired) electrons. The Morgan fingerprint density at radius 3 is 2.50 bits per heavy atom. The van der Waals surface area contributed by atoms with Crippen molar-refractivity contribution in [3.63, 3.8) is 0 Å². The Bertz CT molecular complexity index is 369. The summed E-state index contributed by atoms with van der Waals surface area (Å²) < 4.78 is 42.5. The highest BCUT2D eigenvalue weighted by molar-refractivity contribution is 5.28. The topological polar surface area (TPSA) is 21.3 Å². The second kappa shape index (κ2) is 5.61. The molecule has 0 amide bonds. The SMILES string of the molecule is FC(F)(F)c1ccc(OCC2CCCNC2)cc1. The average Bonchev–Trinajstić information content (AvgIpc) is 2.37. The van der Waals surface area contributed by atoms with E-state index in [0.717, 1.165) is 38.1 Å². The van der Waals surface area contributed by atoms with Gasteiger partial charge in [-0.15, -0.1) is 0 Å². The minimum absolute atomic E-state index is 0.445. The van der Waals surface area contributed by atoms with Crippen molar-refractivity contribution in [2.45, 2.75) is 19.0 Å². The fraction of sp³-hybridized carbons (Fsp3) is 0.538. The predicted octanol–water partition coefficient (Wildman–Crippen LogP) is 3.08. The zero-order valence-corrected chi connectivity index (χ0v) is 9.96. The van der Waals surface area contributed by atoms with Gasteiger partial charge in [0.25, 0.3) is 0 Å². The van der Waals surface area contributed by atoms with Crippen molar-refractivity contribution in [1.82, 2.24) is 5.32 Å². The van der Waals surface area contributed by atoms with Crippen LogP contribution in [0.2, 0.25) is 0 Å². The summed E-state index contributed by atoms with van der Waals surface area (Å²) in [6.07, 6.45) is -2.06. The first kappa shape index (κ1) is 13.2. The summed E-state index contributed by atoms with van der Waals surface area (Å²) in [6.45, 7) is 2.51. The Hall–Kier alpha value is -1.23. The molecule has 1 unspecified atom stereocenters.